The summed E-state index contributed by atoms with van der Waals surface area (Å²) in [5.41, 5.74) is 0.505. The number of hydrogen-bond donors (Lipinski definition) is 2. The van der Waals surface area contributed by atoms with Crippen LogP contribution in [0.1, 0.15) is 27.7 Å². The zero-order chi connectivity index (χ0) is 25.9. The molecule has 0 aliphatic carbocycles. The van der Waals surface area contributed by atoms with E-state index in [0.29, 0.717) is 16.0 Å². The Hall–Kier alpha value is -3.57. The van der Waals surface area contributed by atoms with E-state index in [1.165, 1.54) is 24.0 Å². The molecule has 3 aromatic rings. The Morgan fingerprint density at radius 3 is 2.29 bits per heavy atom. The van der Waals surface area contributed by atoms with Gasteiger partial charge in [0.25, 0.3) is 0 Å². The first-order valence-electron chi connectivity index (χ1n) is 9.83. The van der Waals surface area contributed by atoms with E-state index in [4.69, 9.17) is 21.4 Å². The quantitative estimate of drug-likeness (QED) is 0.383. The van der Waals surface area contributed by atoms with Gasteiger partial charge in [-0.05, 0) is 41.5 Å². The molecule has 1 heterocycles. The molecule has 2 aromatic carbocycles. The molecule has 0 spiro atoms. The number of rotatable bonds is 8. The van der Waals surface area contributed by atoms with Crippen molar-refractivity contribution >= 4 is 46.5 Å². The van der Waals surface area contributed by atoms with Crippen LogP contribution in [0, 0.1) is 0 Å². The molecule has 0 radical (unpaired) electrons. The second-order valence-corrected chi connectivity index (χ2v) is 8.64. The molecule has 35 heavy (non-hydrogen) atoms. The maximum atomic E-state index is 12.9. The van der Waals surface area contributed by atoms with Crippen LogP contribution in [0.4, 0.5) is 18.9 Å². The molecule has 0 atom stereocenters. The van der Waals surface area contributed by atoms with Crippen LogP contribution < -0.4 is 9.64 Å². The van der Waals surface area contributed by atoms with Crippen molar-refractivity contribution in [2.45, 2.75) is 19.6 Å². The number of alkyl halides is 3. The smallest absolute Gasteiger partial charge is 0.416 e. The lowest BCUT2D eigenvalue weighted by molar-refractivity contribution is -0.139. The second kappa shape index (κ2) is 10.4. The molecule has 1 aromatic heterocycles. The molecule has 0 saturated carbocycles. The number of aromatic carboxylic acids is 1. The predicted octanol–water partition coefficient (Wildman–Crippen LogP) is 5.80. The maximum Gasteiger partial charge on any atom is 0.416 e. The number of ether oxygens (including phenoxy) is 1. The van der Waals surface area contributed by atoms with Gasteiger partial charge in [0.15, 0.2) is 17.2 Å². The lowest BCUT2D eigenvalue weighted by Crippen LogP contribution is -2.27. The number of aliphatic carboxylic acids is 1. The van der Waals surface area contributed by atoms with Crippen molar-refractivity contribution in [1.29, 1.82) is 0 Å². The van der Waals surface area contributed by atoms with Gasteiger partial charge >= 0.3 is 18.1 Å². The number of thiophene rings is 1. The Balaban J connectivity index is 1.93. The lowest BCUT2D eigenvalue weighted by Gasteiger charge is -2.22. The minimum atomic E-state index is -4.50. The number of hydrogen-bond acceptors (Lipinski definition) is 5. The van der Waals surface area contributed by atoms with Crippen molar-refractivity contribution in [2.75, 3.05) is 11.5 Å². The highest BCUT2D eigenvalue weighted by molar-refractivity contribution is 7.18. The van der Waals surface area contributed by atoms with Crippen molar-refractivity contribution in [1.82, 2.24) is 0 Å². The third-order valence-corrected chi connectivity index (χ3v) is 6.44. The maximum absolute atomic E-state index is 12.9. The Labute approximate surface area is 205 Å². The highest BCUT2D eigenvalue weighted by Gasteiger charge is 2.30. The van der Waals surface area contributed by atoms with Crippen LogP contribution in [-0.4, -0.2) is 34.7 Å². The first-order valence-corrected chi connectivity index (χ1v) is 11.0. The molecule has 2 N–H and O–H groups in total. The fourth-order valence-electron chi connectivity index (χ4n) is 3.19. The normalized spacial score (nSPS) is 11.2. The van der Waals surface area contributed by atoms with Gasteiger partial charge in [0.1, 0.15) is 5.02 Å². The first kappa shape index (κ1) is 26.0. The summed E-state index contributed by atoms with van der Waals surface area (Å²) >= 11 is 7.12. The number of benzene rings is 2. The summed E-state index contributed by atoms with van der Waals surface area (Å²) in [4.78, 5) is 36.0. The molecule has 0 unspecified atom stereocenters. The standard InChI is InChI=1S/C23H17ClF3NO6S/c1-12(29)28(16-7-5-15(6-8-16)23(25,26)27)10-13-3-2-4-14(9-13)20-18(24)19(34-11-17(30)31)21(35-20)22(32)33/h2-9H,10-11H2,1H3,(H,30,31)(H,32,33). The fourth-order valence-corrected chi connectivity index (χ4v) is 4.60. The Bertz CT molecular complexity index is 1270. The number of carboxylic acids is 2. The van der Waals surface area contributed by atoms with Gasteiger partial charge in [-0.25, -0.2) is 9.59 Å². The van der Waals surface area contributed by atoms with Gasteiger partial charge < -0.3 is 19.8 Å². The molecular formula is C23H17ClF3NO6S. The summed E-state index contributed by atoms with van der Waals surface area (Å²) in [6, 6.07) is 10.8. The third-order valence-electron chi connectivity index (χ3n) is 4.76. The van der Waals surface area contributed by atoms with Crippen LogP contribution in [0.3, 0.4) is 0 Å². The van der Waals surface area contributed by atoms with E-state index in [0.717, 1.165) is 23.5 Å². The van der Waals surface area contributed by atoms with Crippen molar-refractivity contribution < 1.29 is 42.5 Å². The molecule has 0 bridgehead atoms. The van der Waals surface area contributed by atoms with Crippen molar-refractivity contribution in [3.63, 3.8) is 0 Å². The van der Waals surface area contributed by atoms with Crippen molar-refractivity contribution in [3.05, 3.63) is 69.6 Å². The largest absolute Gasteiger partial charge is 0.479 e. The molecular weight excluding hydrogens is 511 g/mol. The van der Waals surface area contributed by atoms with Gasteiger partial charge in [-0.15, -0.1) is 11.3 Å². The second-order valence-electron chi connectivity index (χ2n) is 7.24. The van der Waals surface area contributed by atoms with E-state index in [1.807, 2.05) is 0 Å². The zero-order valence-corrected chi connectivity index (χ0v) is 19.5. The highest BCUT2D eigenvalue weighted by Crippen LogP contribution is 2.45. The molecule has 0 fully saturated rings. The Morgan fingerprint density at radius 2 is 1.74 bits per heavy atom. The number of carbonyl (C=O) groups is 3. The topological polar surface area (TPSA) is 104 Å². The average Bonchev–Trinajstić information content (AvgIpc) is 3.12. The molecule has 0 saturated heterocycles. The number of nitrogens with zero attached hydrogens (tertiary/aromatic N) is 1. The van der Waals surface area contributed by atoms with Crippen LogP contribution in [0.5, 0.6) is 5.75 Å². The number of halogens is 4. The van der Waals surface area contributed by atoms with Gasteiger partial charge in [0.2, 0.25) is 5.91 Å². The van der Waals surface area contributed by atoms with Crippen LogP contribution in [-0.2, 0) is 22.3 Å². The molecule has 12 heteroatoms. The number of carbonyl (C=O) groups excluding carboxylic acids is 1. The van der Waals surface area contributed by atoms with E-state index >= 15 is 0 Å². The van der Waals surface area contributed by atoms with Crippen molar-refractivity contribution in [3.8, 4) is 16.2 Å². The van der Waals surface area contributed by atoms with E-state index in [2.05, 4.69) is 0 Å². The first-order chi connectivity index (χ1) is 16.4. The predicted molar refractivity (Wildman–Crippen MR) is 123 cm³/mol. The summed E-state index contributed by atoms with van der Waals surface area (Å²) < 4.78 is 43.7. The monoisotopic (exact) mass is 527 g/mol. The molecule has 0 aliphatic rings. The van der Waals surface area contributed by atoms with Gasteiger partial charge in [-0.2, -0.15) is 13.2 Å². The van der Waals surface area contributed by atoms with Crippen LogP contribution in [0.15, 0.2) is 48.5 Å². The van der Waals surface area contributed by atoms with Gasteiger partial charge in [0.05, 0.1) is 17.0 Å². The number of anilines is 1. The summed E-state index contributed by atoms with van der Waals surface area (Å²) in [5.74, 6) is -3.31. The van der Waals surface area contributed by atoms with E-state index < -0.39 is 36.2 Å². The van der Waals surface area contributed by atoms with Crippen LogP contribution in [0.2, 0.25) is 5.02 Å². The number of amides is 1. The van der Waals surface area contributed by atoms with Gasteiger partial charge in [-0.3, -0.25) is 4.79 Å². The summed E-state index contributed by atoms with van der Waals surface area (Å²) in [6.07, 6.45) is -4.50. The third kappa shape index (κ3) is 6.11. The van der Waals surface area contributed by atoms with Crippen LogP contribution in [0.25, 0.3) is 10.4 Å². The van der Waals surface area contributed by atoms with E-state index in [-0.39, 0.29) is 27.9 Å². The fraction of sp³-hybridized carbons (Fsp3) is 0.174. The SMILES string of the molecule is CC(=O)N(Cc1cccc(-c2sc(C(=O)O)c(OCC(=O)O)c2Cl)c1)c1ccc(C(F)(F)F)cc1. The summed E-state index contributed by atoms with van der Waals surface area (Å²) in [7, 11) is 0. The average molecular weight is 528 g/mol. The van der Waals surface area contributed by atoms with Crippen LogP contribution >= 0.6 is 22.9 Å². The van der Waals surface area contributed by atoms with Gasteiger partial charge in [0, 0.05) is 12.6 Å². The van der Waals surface area contributed by atoms with Gasteiger partial charge in [-0.1, -0.05) is 29.8 Å². The molecule has 3 rings (SSSR count). The van der Waals surface area contributed by atoms with E-state index in [9.17, 15) is 32.7 Å². The Kier molecular flexibility index (Phi) is 7.71. The molecule has 7 nitrogen and oxygen atoms in total. The molecule has 184 valence electrons. The lowest BCUT2D eigenvalue weighted by atomic mass is 10.1. The minimum absolute atomic E-state index is 0.0195. The van der Waals surface area contributed by atoms with Crippen molar-refractivity contribution in [2.24, 2.45) is 0 Å². The zero-order valence-electron chi connectivity index (χ0n) is 17.9. The Morgan fingerprint density at radius 1 is 1.09 bits per heavy atom. The summed E-state index contributed by atoms with van der Waals surface area (Å²) in [5, 5.41) is 18.2. The summed E-state index contributed by atoms with van der Waals surface area (Å²) in [6.45, 7) is 0.519. The highest BCUT2D eigenvalue weighted by atomic mass is 35.5. The van der Waals surface area contributed by atoms with E-state index in [1.54, 1.807) is 24.3 Å². The molecule has 0 aliphatic heterocycles. The molecule has 1 amide bonds. The minimum Gasteiger partial charge on any atom is -0.479 e. The number of carboxylic acid groups (broad SMARTS) is 2.